The molecule has 0 spiro atoms. The minimum absolute atomic E-state index is 0.792. The van der Waals surface area contributed by atoms with E-state index in [9.17, 15) is 0 Å². The molecule has 0 unspecified atom stereocenters. The van der Waals surface area contributed by atoms with E-state index in [0.29, 0.717) is 0 Å². The van der Waals surface area contributed by atoms with Crippen LogP contribution in [0, 0.1) is 0 Å². The summed E-state index contributed by atoms with van der Waals surface area (Å²) in [5.74, 6) is 6.14. The smallest absolute Gasteiger partial charge is 0.109 e. The molecule has 1 aliphatic heterocycles. The maximum Gasteiger partial charge on any atom is 0.109 e. The summed E-state index contributed by atoms with van der Waals surface area (Å²) >= 11 is 0. The normalized spacial score (nSPS) is 23.5. The van der Waals surface area contributed by atoms with Crippen molar-refractivity contribution < 1.29 is 4.59 Å². The average Bonchev–Trinajstić information content (AvgIpc) is 2.03. The number of nitrogens with zero attached hydrogens (tertiary/aromatic N) is 1. The van der Waals surface area contributed by atoms with Crippen molar-refractivity contribution in [1.29, 1.82) is 0 Å². The minimum atomic E-state index is 0.792. The molecule has 1 saturated heterocycles. The summed E-state index contributed by atoms with van der Waals surface area (Å²) in [6, 6.07) is 0. The molecular formula is C8H20N3+. The third-order valence-electron chi connectivity index (χ3n) is 2.42. The zero-order valence-corrected chi connectivity index (χ0v) is 7.47. The summed E-state index contributed by atoms with van der Waals surface area (Å²) < 4.78 is 0.792. The van der Waals surface area contributed by atoms with Gasteiger partial charge in [0.05, 0.1) is 6.54 Å². The van der Waals surface area contributed by atoms with E-state index in [1.807, 2.05) is 0 Å². The molecule has 0 aromatic heterocycles. The van der Waals surface area contributed by atoms with Crippen molar-refractivity contribution in [3.05, 3.63) is 0 Å². The Morgan fingerprint density at radius 3 is 2.55 bits per heavy atom. The lowest BCUT2D eigenvalue weighted by Gasteiger charge is -2.36. The van der Waals surface area contributed by atoms with Gasteiger partial charge in [0.25, 0.3) is 0 Å². The van der Waals surface area contributed by atoms with Gasteiger partial charge in [-0.05, 0) is 6.42 Å². The van der Waals surface area contributed by atoms with Gasteiger partial charge in [0.1, 0.15) is 13.1 Å². The van der Waals surface area contributed by atoms with Gasteiger partial charge in [-0.2, -0.15) is 5.84 Å². The quantitative estimate of drug-likeness (QED) is 0.451. The van der Waals surface area contributed by atoms with Gasteiger partial charge in [0.2, 0.25) is 0 Å². The number of nitrogens with one attached hydrogen (secondary N) is 1. The first-order chi connectivity index (χ1) is 5.27. The van der Waals surface area contributed by atoms with E-state index in [1.165, 1.54) is 12.8 Å². The van der Waals surface area contributed by atoms with Crippen LogP contribution in [0.5, 0.6) is 0 Å². The molecule has 0 aromatic rings. The van der Waals surface area contributed by atoms with Crippen LogP contribution >= 0.6 is 0 Å². The summed E-state index contributed by atoms with van der Waals surface area (Å²) in [6.45, 7) is 7.73. The minimum Gasteiger partial charge on any atom is -0.306 e. The molecule has 3 nitrogen and oxygen atoms in total. The van der Waals surface area contributed by atoms with Crippen LogP contribution < -0.4 is 11.2 Å². The van der Waals surface area contributed by atoms with Crippen molar-refractivity contribution in [2.24, 2.45) is 5.84 Å². The Hall–Kier alpha value is -0.120. The predicted molar refractivity (Wildman–Crippen MR) is 46.8 cm³/mol. The zero-order chi connectivity index (χ0) is 8.16. The van der Waals surface area contributed by atoms with E-state index in [-0.39, 0.29) is 0 Å². The van der Waals surface area contributed by atoms with Crippen molar-refractivity contribution in [3.63, 3.8) is 0 Å². The molecule has 1 heterocycles. The molecule has 0 aliphatic carbocycles. The maximum absolute atomic E-state index is 6.14. The van der Waals surface area contributed by atoms with E-state index in [2.05, 4.69) is 12.2 Å². The molecule has 0 atom stereocenters. The molecule has 1 fully saturated rings. The molecule has 0 aromatic carbocycles. The van der Waals surface area contributed by atoms with E-state index in [1.54, 1.807) is 0 Å². The Balaban J connectivity index is 2.25. The van der Waals surface area contributed by atoms with Gasteiger partial charge in [0, 0.05) is 13.1 Å². The first-order valence-electron chi connectivity index (χ1n) is 4.62. The highest BCUT2D eigenvalue weighted by atomic mass is 15.6. The van der Waals surface area contributed by atoms with Crippen LogP contribution in [-0.2, 0) is 0 Å². The topological polar surface area (TPSA) is 38.0 Å². The number of nitrogens with two attached hydrogens (primary N) is 1. The lowest BCUT2D eigenvalue weighted by atomic mass is 10.2. The zero-order valence-electron chi connectivity index (χ0n) is 7.47. The monoisotopic (exact) mass is 158 g/mol. The van der Waals surface area contributed by atoms with Crippen LogP contribution in [-0.4, -0.2) is 37.3 Å². The third-order valence-corrected chi connectivity index (χ3v) is 2.42. The highest BCUT2D eigenvalue weighted by molar-refractivity contribution is 4.53. The van der Waals surface area contributed by atoms with E-state index >= 15 is 0 Å². The Morgan fingerprint density at radius 1 is 1.36 bits per heavy atom. The lowest BCUT2D eigenvalue weighted by Crippen LogP contribution is -2.63. The fourth-order valence-electron chi connectivity index (χ4n) is 1.54. The highest BCUT2D eigenvalue weighted by Gasteiger charge is 2.24. The Labute approximate surface area is 69.1 Å². The average molecular weight is 158 g/mol. The van der Waals surface area contributed by atoms with Crippen LogP contribution in [0.15, 0.2) is 0 Å². The van der Waals surface area contributed by atoms with Crippen molar-refractivity contribution in [2.75, 3.05) is 32.7 Å². The molecule has 3 heteroatoms. The second-order valence-electron chi connectivity index (χ2n) is 3.49. The van der Waals surface area contributed by atoms with Crippen molar-refractivity contribution in [3.8, 4) is 0 Å². The number of unbranched alkanes of at least 4 members (excludes halogenated alkanes) is 1. The Kier molecular flexibility index (Phi) is 3.30. The van der Waals surface area contributed by atoms with Gasteiger partial charge in [-0.15, -0.1) is 0 Å². The highest BCUT2D eigenvalue weighted by Crippen LogP contribution is 2.03. The van der Waals surface area contributed by atoms with Gasteiger partial charge in [-0.3, -0.25) is 0 Å². The molecule has 66 valence electrons. The van der Waals surface area contributed by atoms with E-state index < -0.39 is 0 Å². The van der Waals surface area contributed by atoms with Gasteiger partial charge >= 0.3 is 0 Å². The van der Waals surface area contributed by atoms with Crippen molar-refractivity contribution in [2.45, 2.75) is 19.8 Å². The fourth-order valence-corrected chi connectivity index (χ4v) is 1.54. The van der Waals surface area contributed by atoms with Gasteiger partial charge in [-0.1, -0.05) is 13.3 Å². The van der Waals surface area contributed by atoms with Gasteiger partial charge in [0.15, 0.2) is 0 Å². The van der Waals surface area contributed by atoms with Crippen molar-refractivity contribution >= 4 is 0 Å². The van der Waals surface area contributed by atoms with Crippen molar-refractivity contribution in [1.82, 2.24) is 5.32 Å². The molecule has 0 radical (unpaired) electrons. The molecule has 11 heavy (non-hydrogen) atoms. The second-order valence-corrected chi connectivity index (χ2v) is 3.49. The Morgan fingerprint density at radius 2 is 2.00 bits per heavy atom. The van der Waals surface area contributed by atoms with E-state index in [0.717, 1.165) is 37.3 Å². The van der Waals surface area contributed by atoms with Crippen LogP contribution in [0.25, 0.3) is 0 Å². The number of piperazine rings is 1. The number of rotatable bonds is 3. The molecule has 3 N–H and O–H groups in total. The molecule has 0 saturated carbocycles. The summed E-state index contributed by atoms with van der Waals surface area (Å²) in [6.07, 6.45) is 2.52. The number of hydrogen-bond donors (Lipinski definition) is 2. The van der Waals surface area contributed by atoms with Crippen LogP contribution in [0.1, 0.15) is 19.8 Å². The molecule has 0 bridgehead atoms. The maximum atomic E-state index is 6.14. The van der Waals surface area contributed by atoms with Gasteiger partial charge in [-0.25, -0.2) is 4.59 Å². The molecule has 1 aliphatic rings. The standard InChI is InChI=1S/C8H20N3/c1-2-3-6-11(9)7-4-10-5-8-11/h10H,2-9H2,1H3/q+1. The van der Waals surface area contributed by atoms with E-state index in [4.69, 9.17) is 5.84 Å². The fraction of sp³-hybridized carbons (Fsp3) is 1.00. The lowest BCUT2D eigenvalue weighted by molar-refractivity contribution is -0.941. The summed E-state index contributed by atoms with van der Waals surface area (Å²) in [5, 5.41) is 3.32. The Bertz CT molecular complexity index is 108. The molecule has 0 amide bonds. The predicted octanol–water partition coefficient (Wildman–Crippen LogP) is 0.0802. The summed E-state index contributed by atoms with van der Waals surface area (Å²) in [4.78, 5) is 0. The molecule has 1 rings (SSSR count). The number of hydrogen-bond acceptors (Lipinski definition) is 2. The molecular weight excluding hydrogens is 138 g/mol. The largest absolute Gasteiger partial charge is 0.306 e. The third kappa shape index (κ3) is 2.77. The SMILES string of the molecule is CCCC[N+]1(N)CCNCC1. The van der Waals surface area contributed by atoms with Crippen LogP contribution in [0.4, 0.5) is 0 Å². The second kappa shape index (κ2) is 4.04. The summed E-state index contributed by atoms with van der Waals surface area (Å²) in [7, 11) is 0. The first-order valence-corrected chi connectivity index (χ1v) is 4.62. The first kappa shape index (κ1) is 8.97. The van der Waals surface area contributed by atoms with Gasteiger partial charge < -0.3 is 5.32 Å². The van der Waals surface area contributed by atoms with Crippen LogP contribution in [0.2, 0.25) is 0 Å². The summed E-state index contributed by atoms with van der Waals surface area (Å²) in [5.41, 5.74) is 0. The number of quaternary nitrogens is 1. The van der Waals surface area contributed by atoms with Crippen LogP contribution in [0.3, 0.4) is 0 Å².